The van der Waals surface area contributed by atoms with Crippen molar-refractivity contribution in [3.63, 3.8) is 0 Å². The highest BCUT2D eigenvalue weighted by Crippen LogP contribution is 2.24. The lowest BCUT2D eigenvalue weighted by Gasteiger charge is -2.18. The quantitative estimate of drug-likeness (QED) is 0.156. The highest BCUT2D eigenvalue weighted by atomic mass is 14.2. The van der Waals surface area contributed by atoms with Crippen LogP contribution in [0.4, 0.5) is 0 Å². The summed E-state index contributed by atoms with van der Waals surface area (Å²) in [4.78, 5) is 0. The minimum atomic E-state index is 0.178. The Kier molecular flexibility index (Phi) is 10.2. The van der Waals surface area contributed by atoms with E-state index in [0.29, 0.717) is 0 Å². The first-order chi connectivity index (χ1) is 22.0. The van der Waals surface area contributed by atoms with Gasteiger partial charge in [-0.2, -0.15) is 0 Å². The minimum Gasteiger partial charge on any atom is -0.0579 e. The summed E-state index contributed by atoms with van der Waals surface area (Å²) >= 11 is 0. The molecule has 0 aromatic heterocycles. The minimum absolute atomic E-state index is 0.178. The van der Waals surface area contributed by atoms with E-state index in [1.807, 2.05) is 0 Å². The van der Waals surface area contributed by atoms with Crippen LogP contribution in [0.2, 0.25) is 0 Å². The van der Waals surface area contributed by atoms with E-state index in [4.69, 9.17) is 0 Å². The van der Waals surface area contributed by atoms with Gasteiger partial charge in [0.2, 0.25) is 0 Å². The van der Waals surface area contributed by atoms with Crippen LogP contribution in [-0.4, -0.2) is 0 Å². The van der Waals surface area contributed by atoms with Crippen molar-refractivity contribution in [1.82, 2.24) is 0 Å². The molecular formula is C46H46. The molecule has 0 amide bonds. The van der Waals surface area contributed by atoms with E-state index in [1.165, 1.54) is 55.6 Å². The Morgan fingerprint density at radius 2 is 0.370 bits per heavy atom. The van der Waals surface area contributed by atoms with Crippen molar-refractivity contribution in [3.05, 3.63) is 177 Å². The molecule has 0 nitrogen and oxygen atoms in total. The van der Waals surface area contributed by atoms with Crippen molar-refractivity contribution in [2.45, 2.75) is 52.4 Å². The van der Waals surface area contributed by atoms with Gasteiger partial charge in [-0.3, -0.25) is 0 Å². The molecule has 0 aliphatic rings. The molecule has 5 rings (SSSR count). The number of hydrogen-bond acceptors (Lipinski definition) is 0. The van der Waals surface area contributed by atoms with Gasteiger partial charge in [0, 0.05) is 0 Å². The first kappa shape index (κ1) is 32.5. The average Bonchev–Trinajstić information content (AvgIpc) is 3.05. The Morgan fingerprint density at radius 3 is 0.500 bits per heavy atom. The maximum Gasteiger partial charge on any atom is -0.0132 e. The van der Waals surface area contributed by atoms with Crippen LogP contribution in [-0.2, 0) is 10.8 Å². The van der Waals surface area contributed by atoms with Crippen molar-refractivity contribution in [1.29, 1.82) is 0 Å². The van der Waals surface area contributed by atoms with Crippen LogP contribution in [0.5, 0.6) is 0 Å². The lowest BCUT2D eigenvalue weighted by Crippen LogP contribution is -2.10. The van der Waals surface area contributed by atoms with Gasteiger partial charge in [-0.25, -0.2) is 0 Å². The predicted molar refractivity (Wildman–Crippen MR) is 205 cm³/mol. The molecule has 0 fully saturated rings. The third-order valence-corrected chi connectivity index (χ3v) is 8.24. The van der Waals surface area contributed by atoms with Crippen LogP contribution >= 0.6 is 0 Å². The van der Waals surface area contributed by atoms with Crippen LogP contribution in [0, 0.1) is 0 Å². The van der Waals surface area contributed by atoms with E-state index in [2.05, 4.69) is 211 Å². The van der Waals surface area contributed by atoms with Crippen molar-refractivity contribution in [2.24, 2.45) is 0 Å². The van der Waals surface area contributed by atoms with Gasteiger partial charge in [0.25, 0.3) is 0 Å². The lowest BCUT2D eigenvalue weighted by atomic mass is 9.86. The molecule has 230 valence electrons. The van der Waals surface area contributed by atoms with Crippen LogP contribution < -0.4 is 0 Å². The van der Waals surface area contributed by atoms with Crippen LogP contribution in [0.25, 0.3) is 48.6 Å². The fourth-order valence-electron chi connectivity index (χ4n) is 5.11. The van der Waals surface area contributed by atoms with Gasteiger partial charge >= 0.3 is 0 Å². The van der Waals surface area contributed by atoms with Crippen molar-refractivity contribution >= 4 is 48.6 Å². The first-order valence-electron chi connectivity index (χ1n) is 16.2. The second-order valence-electron chi connectivity index (χ2n) is 14.1. The molecule has 0 spiro atoms. The number of benzene rings is 5. The van der Waals surface area contributed by atoms with E-state index in [-0.39, 0.29) is 10.8 Å². The molecule has 0 saturated carbocycles. The summed E-state index contributed by atoms with van der Waals surface area (Å²) < 4.78 is 0. The van der Waals surface area contributed by atoms with Crippen LogP contribution in [0.15, 0.2) is 121 Å². The van der Waals surface area contributed by atoms with Gasteiger partial charge in [-0.1, -0.05) is 211 Å². The van der Waals surface area contributed by atoms with Gasteiger partial charge in [0.1, 0.15) is 0 Å². The summed E-state index contributed by atoms with van der Waals surface area (Å²) in [5, 5.41) is 0. The topological polar surface area (TPSA) is 0 Å². The maximum absolute atomic E-state index is 2.25. The fourth-order valence-corrected chi connectivity index (χ4v) is 5.11. The molecule has 0 radical (unpaired) electrons. The largest absolute Gasteiger partial charge is 0.0579 e. The summed E-state index contributed by atoms with van der Waals surface area (Å²) in [6, 6.07) is 43.7. The fraction of sp³-hybridized carbons (Fsp3) is 0.174. The van der Waals surface area contributed by atoms with Crippen molar-refractivity contribution < 1.29 is 0 Å². The standard InChI is InChI=1S/C46H46/c1-45(2,3)43-31-27-41(28-32-43)25-23-39-19-15-37(16-20-39)13-11-35-7-9-36(10-8-35)12-14-38-17-21-40(22-18-38)24-26-42-29-33-44(34-30-42)46(4,5)6/h7-34H,1-6H3/b13-11+,14-12+,25-23+,26-24+. The molecule has 5 aromatic carbocycles. The van der Waals surface area contributed by atoms with Gasteiger partial charge in [0.15, 0.2) is 0 Å². The summed E-state index contributed by atoms with van der Waals surface area (Å²) in [6.07, 6.45) is 17.4. The molecule has 0 N–H and O–H groups in total. The van der Waals surface area contributed by atoms with E-state index in [9.17, 15) is 0 Å². The van der Waals surface area contributed by atoms with E-state index >= 15 is 0 Å². The Balaban J connectivity index is 1.12. The Hall–Kier alpha value is -4.94. The van der Waals surface area contributed by atoms with Crippen molar-refractivity contribution in [3.8, 4) is 0 Å². The maximum atomic E-state index is 2.25. The third-order valence-electron chi connectivity index (χ3n) is 8.24. The smallest absolute Gasteiger partial charge is 0.0132 e. The summed E-state index contributed by atoms with van der Waals surface area (Å²) in [5.74, 6) is 0. The molecular weight excluding hydrogens is 553 g/mol. The average molecular weight is 599 g/mol. The second kappa shape index (κ2) is 14.4. The highest BCUT2D eigenvalue weighted by molar-refractivity contribution is 5.75. The normalized spacial score (nSPS) is 12.7. The first-order valence-corrected chi connectivity index (χ1v) is 16.2. The van der Waals surface area contributed by atoms with E-state index < -0.39 is 0 Å². The molecule has 0 heterocycles. The summed E-state index contributed by atoms with van der Waals surface area (Å²) in [5.41, 5.74) is 12.6. The van der Waals surface area contributed by atoms with Gasteiger partial charge in [0.05, 0.1) is 0 Å². The van der Waals surface area contributed by atoms with Crippen LogP contribution in [0.3, 0.4) is 0 Å². The SMILES string of the molecule is CC(C)(C)c1ccc(/C=C/c2ccc(/C=C/c3ccc(/C=C/c4ccc(/C=C/c5ccc(C(C)(C)C)cc5)cc4)cc3)cc2)cc1. The summed E-state index contributed by atoms with van der Waals surface area (Å²) in [7, 11) is 0. The Morgan fingerprint density at radius 1 is 0.239 bits per heavy atom. The molecule has 0 saturated heterocycles. The third kappa shape index (κ3) is 9.53. The molecule has 5 aromatic rings. The predicted octanol–water partition coefficient (Wildman–Crippen LogP) is 13.0. The number of rotatable bonds is 8. The molecule has 0 aliphatic carbocycles. The summed E-state index contributed by atoms with van der Waals surface area (Å²) in [6.45, 7) is 13.5. The lowest BCUT2D eigenvalue weighted by molar-refractivity contribution is 0.590. The van der Waals surface area contributed by atoms with Gasteiger partial charge in [-0.15, -0.1) is 0 Å². The molecule has 0 aliphatic heterocycles. The zero-order chi connectivity index (χ0) is 32.6. The highest BCUT2D eigenvalue weighted by Gasteiger charge is 2.13. The molecule has 0 atom stereocenters. The Labute approximate surface area is 277 Å². The van der Waals surface area contributed by atoms with Crippen LogP contribution in [0.1, 0.15) is 97.2 Å². The molecule has 0 unspecified atom stereocenters. The number of hydrogen-bond donors (Lipinski definition) is 0. The molecule has 0 bridgehead atoms. The zero-order valence-corrected chi connectivity index (χ0v) is 28.2. The van der Waals surface area contributed by atoms with Gasteiger partial charge in [-0.05, 0) is 66.5 Å². The van der Waals surface area contributed by atoms with E-state index in [1.54, 1.807) is 0 Å². The Bertz CT molecular complexity index is 1670. The second-order valence-corrected chi connectivity index (χ2v) is 14.1. The molecule has 0 heteroatoms. The van der Waals surface area contributed by atoms with E-state index in [0.717, 1.165) is 0 Å². The molecule has 46 heavy (non-hydrogen) atoms. The van der Waals surface area contributed by atoms with Gasteiger partial charge < -0.3 is 0 Å². The zero-order valence-electron chi connectivity index (χ0n) is 28.2. The van der Waals surface area contributed by atoms with Crippen molar-refractivity contribution in [2.75, 3.05) is 0 Å². The monoisotopic (exact) mass is 598 g/mol.